The number of hydrogen-bond acceptors (Lipinski definition) is 3. The molecule has 1 aliphatic carbocycles. The summed E-state index contributed by atoms with van der Waals surface area (Å²) in [6.45, 7) is 13.6. The number of amides is 1. The zero-order valence-electron chi connectivity index (χ0n) is 21.1. The fourth-order valence-corrected chi connectivity index (χ4v) is 6.35. The standard InChI is InChI=1S/C28H43N3O.Co/c1-22(31-17-8-7-11-26(31)32)21-29-25-12-13-28(24-10-6-5-9-23(24)25)15-19-30(20-16-28)18-14-27(2,3)4;/h5-6,9-10,22,25,29H,7-8,11-20H2,1-4H3;/t22-,25+;/m1./s1. The number of nitrogens with zero attached hydrogens (tertiary/aromatic N) is 2. The summed E-state index contributed by atoms with van der Waals surface area (Å²) in [7, 11) is 0. The van der Waals surface area contributed by atoms with E-state index in [1.54, 1.807) is 5.56 Å². The molecule has 1 amide bonds. The number of nitrogens with one attached hydrogen (secondary N) is 1. The van der Waals surface area contributed by atoms with Crippen molar-refractivity contribution in [1.82, 2.24) is 15.1 Å². The van der Waals surface area contributed by atoms with Gasteiger partial charge in [0.05, 0.1) is 0 Å². The molecular weight excluding hydrogens is 453 g/mol. The number of carbonyl (C=O) groups is 1. The molecule has 0 bridgehead atoms. The van der Waals surface area contributed by atoms with Crippen LogP contribution in [0.25, 0.3) is 0 Å². The van der Waals surface area contributed by atoms with E-state index >= 15 is 0 Å². The van der Waals surface area contributed by atoms with Crippen LogP contribution in [-0.2, 0) is 25.5 Å². The van der Waals surface area contributed by atoms with Crippen LogP contribution in [0, 0.1) is 5.41 Å². The topological polar surface area (TPSA) is 35.6 Å². The monoisotopic (exact) mass is 496 g/mol. The Kier molecular flexibility index (Phi) is 7.84. The number of benzene rings is 1. The molecule has 2 atom stereocenters. The van der Waals surface area contributed by atoms with Crippen LogP contribution >= 0.6 is 0 Å². The summed E-state index contributed by atoms with van der Waals surface area (Å²) in [6.07, 6.45) is 8.93. The van der Waals surface area contributed by atoms with Crippen molar-refractivity contribution in [1.29, 1.82) is 0 Å². The summed E-state index contributed by atoms with van der Waals surface area (Å²) in [6, 6.07) is 9.39. The summed E-state index contributed by atoms with van der Waals surface area (Å²) < 4.78 is 0.922. The van der Waals surface area contributed by atoms with E-state index in [4.69, 9.17) is 15.3 Å². The molecule has 2 aliphatic heterocycles. The Morgan fingerprint density at radius 3 is 2.58 bits per heavy atom. The molecule has 5 heteroatoms. The van der Waals surface area contributed by atoms with Crippen LogP contribution in [-0.4, -0.2) is 52.5 Å². The fraction of sp³-hybridized carbons (Fsp3) is 0.714. The van der Waals surface area contributed by atoms with Gasteiger partial charge in [-0.05, 0) is 0 Å². The van der Waals surface area contributed by atoms with Gasteiger partial charge >= 0.3 is 188 Å². The number of piperidine rings is 2. The van der Waals surface area contributed by atoms with E-state index in [-0.39, 0.29) is 18.0 Å². The zero-order valence-corrected chi connectivity index (χ0v) is 22.1. The normalized spacial score (nSPS) is 24.6. The van der Waals surface area contributed by atoms with Gasteiger partial charge in [0.25, 0.3) is 0 Å². The van der Waals surface area contributed by atoms with Crippen molar-refractivity contribution in [2.45, 2.75) is 96.6 Å². The number of rotatable bonds is 6. The minimum absolute atomic E-state index is 0.0203. The van der Waals surface area contributed by atoms with E-state index in [1.807, 2.05) is 4.90 Å². The molecule has 2 fully saturated rings. The molecule has 185 valence electrons. The molecule has 2 saturated heterocycles. The second-order valence-corrected chi connectivity index (χ2v) is 12.4. The van der Waals surface area contributed by atoms with Crippen LogP contribution in [0.2, 0.25) is 0 Å². The summed E-state index contributed by atoms with van der Waals surface area (Å²) in [5, 5.41) is 3.73. The third kappa shape index (κ3) is 5.80. The summed E-state index contributed by atoms with van der Waals surface area (Å²) in [5.74, 6) is 0.266. The number of fused-ring (bicyclic) bond motifs is 2. The third-order valence-electron chi connectivity index (χ3n) is 8.29. The predicted molar refractivity (Wildman–Crippen MR) is 133 cm³/mol. The fourth-order valence-electron chi connectivity index (χ4n) is 6.01. The van der Waals surface area contributed by atoms with Gasteiger partial charge in [-0.2, -0.15) is 0 Å². The van der Waals surface area contributed by atoms with Crippen LogP contribution in [0.3, 0.4) is 0 Å². The van der Waals surface area contributed by atoms with E-state index in [2.05, 4.69) is 62.2 Å². The molecule has 3 aliphatic rings. The van der Waals surface area contributed by atoms with Crippen molar-refractivity contribution < 1.29 is 20.1 Å². The first-order chi connectivity index (χ1) is 15.7. The molecule has 33 heavy (non-hydrogen) atoms. The van der Waals surface area contributed by atoms with Gasteiger partial charge in [0, 0.05) is 0 Å². The minimum atomic E-state index is 0.0203. The maximum absolute atomic E-state index is 12.4. The van der Waals surface area contributed by atoms with Crippen molar-refractivity contribution >= 4 is 10.5 Å². The van der Waals surface area contributed by atoms with E-state index < -0.39 is 0 Å². The molecule has 0 unspecified atom stereocenters. The number of carbonyl (C=O) groups excluding carboxylic acids is 1. The van der Waals surface area contributed by atoms with E-state index in [0.29, 0.717) is 17.3 Å². The molecule has 0 aromatic heterocycles. The van der Waals surface area contributed by atoms with Gasteiger partial charge in [0.2, 0.25) is 0 Å². The van der Waals surface area contributed by atoms with Gasteiger partial charge in [-0.25, -0.2) is 0 Å². The molecule has 1 spiro atoms. The Hall–Kier alpha value is -1.01. The molecule has 4 rings (SSSR count). The molecule has 1 N–H and O–H groups in total. The zero-order chi connectivity index (χ0) is 23.6. The van der Waals surface area contributed by atoms with Crippen LogP contribution in [0.5, 0.6) is 0 Å². The van der Waals surface area contributed by atoms with Gasteiger partial charge in [0.15, 0.2) is 0 Å². The second kappa shape index (κ2) is 10.3. The molecule has 4 nitrogen and oxygen atoms in total. The predicted octanol–water partition coefficient (Wildman–Crippen LogP) is 4.96. The number of likely N-dealkylation sites (tertiary alicyclic amines) is 2. The molecule has 0 saturated carbocycles. The first-order valence-electron chi connectivity index (χ1n) is 13.1. The van der Waals surface area contributed by atoms with Crippen molar-refractivity contribution in [2.75, 3.05) is 26.2 Å². The molecular formula is C28H43CoN3O. The van der Waals surface area contributed by atoms with Crippen molar-refractivity contribution in [3.63, 3.8) is 0 Å². The van der Waals surface area contributed by atoms with E-state index in [9.17, 15) is 4.79 Å². The molecule has 2 heterocycles. The van der Waals surface area contributed by atoms with Gasteiger partial charge in [-0.1, -0.05) is 20.8 Å². The average molecular weight is 497 g/mol. The molecule has 0 radical (unpaired) electrons. The van der Waals surface area contributed by atoms with Gasteiger partial charge < -0.3 is 0 Å². The molecule has 1 aromatic rings. The summed E-state index contributed by atoms with van der Waals surface area (Å²) >= 11 is 4.92. The van der Waals surface area contributed by atoms with Crippen molar-refractivity contribution in [3.05, 3.63) is 35.4 Å². The maximum atomic E-state index is 12.4. The second-order valence-electron chi connectivity index (χ2n) is 11.8. The van der Waals surface area contributed by atoms with E-state index in [1.165, 1.54) is 50.9 Å². The van der Waals surface area contributed by atoms with Crippen LogP contribution in [0.4, 0.5) is 0 Å². The molecule has 1 aromatic carbocycles. The Morgan fingerprint density at radius 1 is 1.15 bits per heavy atom. The van der Waals surface area contributed by atoms with Gasteiger partial charge in [-0.15, -0.1) is 0 Å². The third-order valence-corrected chi connectivity index (χ3v) is 8.88. The summed E-state index contributed by atoms with van der Waals surface area (Å²) in [5.41, 5.74) is 3.71. The average Bonchev–Trinajstić information content (AvgIpc) is 2.80. The quantitative estimate of drug-likeness (QED) is 0.605. The SMILES string of the molecule is C[C@H]([C](=[Co])N[C@H]1CCC2(CCN(CCC(C)(C)C)CC2)c2ccccc21)N1CCCCC1=O. The van der Waals surface area contributed by atoms with E-state index in [0.717, 1.165) is 30.4 Å². The Bertz CT molecular complexity index is 853. The van der Waals surface area contributed by atoms with Gasteiger partial charge in [0.1, 0.15) is 0 Å². The van der Waals surface area contributed by atoms with Crippen LogP contribution < -0.4 is 5.32 Å². The van der Waals surface area contributed by atoms with Crippen LogP contribution in [0.15, 0.2) is 24.3 Å². The Morgan fingerprint density at radius 2 is 1.88 bits per heavy atom. The summed E-state index contributed by atoms with van der Waals surface area (Å²) in [4.78, 5) is 17.1. The van der Waals surface area contributed by atoms with Gasteiger partial charge in [-0.3, -0.25) is 0 Å². The first-order valence-corrected chi connectivity index (χ1v) is 13.6. The Labute approximate surface area is 209 Å². The first kappa shape index (κ1) is 25.1. The Balaban J connectivity index is 1.43. The van der Waals surface area contributed by atoms with Crippen molar-refractivity contribution in [2.24, 2.45) is 5.41 Å². The van der Waals surface area contributed by atoms with Crippen molar-refractivity contribution in [3.8, 4) is 0 Å². The number of hydrogen-bond donors (Lipinski definition) is 1. The van der Waals surface area contributed by atoms with Crippen LogP contribution in [0.1, 0.15) is 96.2 Å².